The molecule has 0 bridgehead atoms. The van der Waals surface area contributed by atoms with E-state index in [4.69, 9.17) is 14.5 Å². The molecule has 0 atom stereocenters. The molecule has 1 aromatic carbocycles. The van der Waals surface area contributed by atoms with E-state index in [1.807, 2.05) is 43.5 Å². The van der Waals surface area contributed by atoms with Gasteiger partial charge in [-0.25, -0.2) is 14.6 Å². The first-order chi connectivity index (χ1) is 16.4. The molecule has 35 heavy (non-hydrogen) atoms. The van der Waals surface area contributed by atoms with E-state index in [1.54, 1.807) is 30.4 Å². The van der Waals surface area contributed by atoms with Gasteiger partial charge in [0.2, 0.25) is 0 Å². The lowest BCUT2D eigenvalue weighted by Gasteiger charge is -2.20. The van der Waals surface area contributed by atoms with Crippen molar-refractivity contribution in [2.24, 2.45) is 0 Å². The van der Waals surface area contributed by atoms with Crippen LogP contribution in [0.5, 0.6) is 5.75 Å². The zero-order valence-corrected chi connectivity index (χ0v) is 22.5. The number of nitrogens with one attached hydrogen (secondary N) is 1. The van der Waals surface area contributed by atoms with Gasteiger partial charge in [0.05, 0.1) is 30.6 Å². The fraction of sp³-hybridized carbons (Fsp3) is 0.440. The molecule has 0 saturated heterocycles. The Labute approximate surface area is 206 Å². The van der Waals surface area contributed by atoms with Gasteiger partial charge in [-0.15, -0.1) is 0 Å². The number of amides is 1. The van der Waals surface area contributed by atoms with Crippen molar-refractivity contribution in [3.8, 4) is 11.6 Å². The van der Waals surface area contributed by atoms with Gasteiger partial charge in [0.25, 0.3) is 5.91 Å². The third-order valence-corrected chi connectivity index (χ3v) is 7.21. The molecule has 0 aliphatic heterocycles. The molecule has 9 nitrogen and oxygen atoms in total. The summed E-state index contributed by atoms with van der Waals surface area (Å²) in [5.41, 5.74) is 2.04. The molecule has 0 radical (unpaired) electrons. The lowest BCUT2D eigenvalue weighted by atomic mass is 10.1. The number of rotatable bonds is 8. The highest BCUT2D eigenvalue weighted by atomic mass is 28.3. The maximum absolute atomic E-state index is 13.2. The summed E-state index contributed by atoms with van der Waals surface area (Å²) in [6, 6.07) is 6.79. The van der Waals surface area contributed by atoms with Crippen LogP contribution in [0.4, 0.5) is 0 Å². The van der Waals surface area contributed by atoms with E-state index in [-0.39, 0.29) is 11.4 Å². The molecular formula is C25H34N6O3Si. The van der Waals surface area contributed by atoms with Crippen molar-refractivity contribution in [3.63, 3.8) is 0 Å². The predicted molar refractivity (Wildman–Crippen MR) is 140 cm³/mol. The lowest BCUT2D eigenvalue weighted by molar-refractivity contribution is 0.0886. The highest BCUT2D eigenvalue weighted by Gasteiger charge is 2.23. The maximum Gasteiger partial charge on any atom is 0.255 e. The van der Waals surface area contributed by atoms with Crippen LogP contribution in [0.15, 0.2) is 36.8 Å². The van der Waals surface area contributed by atoms with E-state index in [2.05, 4.69) is 35.0 Å². The Morgan fingerprint density at radius 2 is 1.94 bits per heavy atom. The monoisotopic (exact) mass is 494 g/mol. The van der Waals surface area contributed by atoms with Gasteiger partial charge in [-0.1, -0.05) is 19.6 Å². The maximum atomic E-state index is 13.2. The SMILES string of the molecule is COc1ccc2c(cnn2-c2cnc3c(n2)c(C(=O)NC(C)(C)C)cn3COCC[Si](C)(C)C)c1. The van der Waals surface area contributed by atoms with Crippen molar-refractivity contribution in [2.45, 2.75) is 58.7 Å². The van der Waals surface area contributed by atoms with Crippen molar-refractivity contribution in [1.82, 2.24) is 29.6 Å². The largest absolute Gasteiger partial charge is 0.497 e. The first-order valence-corrected chi connectivity index (χ1v) is 15.4. The number of nitrogens with zero attached hydrogens (tertiary/aromatic N) is 5. The molecule has 1 amide bonds. The molecule has 0 spiro atoms. The van der Waals surface area contributed by atoms with Crippen molar-refractivity contribution < 1.29 is 14.3 Å². The average molecular weight is 495 g/mol. The van der Waals surface area contributed by atoms with Gasteiger partial charge < -0.3 is 19.4 Å². The molecule has 0 saturated carbocycles. The van der Waals surface area contributed by atoms with Gasteiger partial charge in [-0.05, 0) is 45.0 Å². The third-order valence-electron chi connectivity index (χ3n) is 5.50. The minimum Gasteiger partial charge on any atom is -0.497 e. The van der Waals surface area contributed by atoms with Crippen LogP contribution in [0.25, 0.3) is 27.9 Å². The van der Waals surface area contributed by atoms with Crippen molar-refractivity contribution in [3.05, 3.63) is 42.4 Å². The molecule has 3 heterocycles. The van der Waals surface area contributed by atoms with E-state index in [9.17, 15) is 4.79 Å². The number of carbonyl (C=O) groups excluding carboxylic acids is 1. The number of hydrogen-bond donors (Lipinski definition) is 1. The van der Waals surface area contributed by atoms with Gasteiger partial charge in [0.1, 0.15) is 18.0 Å². The Hall–Kier alpha value is -3.24. The van der Waals surface area contributed by atoms with E-state index < -0.39 is 8.07 Å². The third kappa shape index (κ3) is 5.71. The Morgan fingerprint density at radius 1 is 1.17 bits per heavy atom. The van der Waals surface area contributed by atoms with Crippen LogP contribution >= 0.6 is 0 Å². The fourth-order valence-electron chi connectivity index (χ4n) is 3.68. The average Bonchev–Trinajstić information content (AvgIpc) is 3.35. The second kappa shape index (κ2) is 9.42. The number of carbonyl (C=O) groups is 1. The van der Waals surface area contributed by atoms with Crippen LogP contribution < -0.4 is 10.1 Å². The summed E-state index contributed by atoms with van der Waals surface area (Å²) in [6.45, 7) is 13.8. The van der Waals surface area contributed by atoms with Gasteiger partial charge in [-0.2, -0.15) is 5.10 Å². The lowest BCUT2D eigenvalue weighted by Crippen LogP contribution is -2.40. The highest BCUT2D eigenvalue weighted by molar-refractivity contribution is 6.76. The standard InChI is InChI=1S/C25H34N6O3Si/c1-25(2,3)29-24(32)19-15-30(16-34-10-11-35(5,6)7)23-22(19)28-21(14-26-23)31-20-9-8-18(33-4)12-17(20)13-27-31/h8-9,12-15H,10-11,16H2,1-7H3,(H,29,32). The van der Waals surface area contributed by atoms with Crippen molar-refractivity contribution in [2.75, 3.05) is 13.7 Å². The quantitative estimate of drug-likeness (QED) is 0.284. The summed E-state index contributed by atoms with van der Waals surface area (Å²) in [5, 5.41) is 8.46. The van der Waals surface area contributed by atoms with E-state index in [1.165, 1.54) is 0 Å². The van der Waals surface area contributed by atoms with Crippen LogP contribution in [0, 0.1) is 0 Å². The Morgan fingerprint density at radius 3 is 2.63 bits per heavy atom. The van der Waals surface area contributed by atoms with Crippen molar-refractivity contribution in [1.29, 1.82) is 0 Å². The summed E-state index contributed by atoms with van der Waals surface area (Å²) in [7, 11) is 0.434. The Bertz CT molecular complexity index is 1360. The van der Waals surface area contributed by atoms with Crippen LogP contribution in [0.2, 0.25) is 25.7 Å². The Balaban J connectivity index is 1.73. The molecule has 1 N–H and O–H groups in total. The number of ether oxygens (including phenoxy) is 2. The van der Waals surface area contributed by atoms with E-state index in [0.717, 1.165) is 22.7 Å². The topological polar surface area (TPSA) is 96.1 Å². The molecule has 4 rings (SSSR count). The van der Waals surface area contributed by atoms with Gasteiger partial charge in [0.15, 0.2) is 11.5 Å². The molecule has 186 valence electrons. The second-order valence-corrected chi connectivity index (χ2v) is 16.6. The summed E-state index contributed by atoms with van der Waals surface area (Å²) in [6.07, 6.45) is 5.20. The normalized spacial score (nSPS) is 12.4. The van der Waals surface area contributed by atoms with Gasteiger partial charge >= 0.3 is 0 Å². The van der Waals surface area contributed by atoms with E-state index >= 15 is 0 Å². The zero-order chi connectivity index (χ0) is 25.4. The molecule has 0 aliphatic carbocycles. The van der Waals surface area contributed by atoms with Crippen LogP contribution in [-0.2, 0) is 11.5 Å². The number of benzene rings is 1. The van der Waals surface area contributed by atoms with Crippen LogP contribution in [0.1, 0.15) is 31.1 Å². The predicted octanol–water partition coefficient (Wildman–Crippen LogP) is 4.62. The minimum absolute atomic E-state index is 0.204. The summed E-state index contributed by atoms with van der Waals surface area (Å²) >= 11 is 0. The first kappa shape index (κ1) is 24.9. The Kier molecular flexibility index (Phi) is 6.70. The number of methoxy groups -OCH3 is 1. The smallest absolute Gasteiger partial charge is 0.255 e. The zero-order valence-electron chi connectivity index (χ0n) is 21.5. The highest BCUT2D eigenvalue weighted by Crippen LogP contribution is 2.25. The molecule has 0 unspecified atom stereocenters. The summed E-state index contributed by atoms with van der Waals surface area (Å²) in [4.78, 5) is 22.7. The second-order valence-electron chi connectivity index (χ2n) is 10.9. The minimum atomic E-state index is -1.20. The summed E-state index contributed by atoms with van der Waals surface area (Å²) < 4.78 is 14.8. The summed E-state index contributed by atoms with van der Waals surface area (Å²) in [5.74, 6) is 1.08. The first-order valence-electron chi connectivity index (χ1n) is 11.7. The van der Waals surface area contributed by atoms with Crippen LogP contribution in [0.3, 0.4) is 0 Å². The van der Waals surface area contributed by atoms with Gasteiger partial charge in [0, 0.05) is 31.8 Å². The van der Waals surface area contributed by atoms with E-state index in [0.29, 0.717) is 35.9 Å². The van der Waals surface area contributed by atoms with Crippen LogP contribution in [-0.4, -0.2) is 57.6 Å². The molecule has 0 fully saturated rings. The van der Waals surface area contributed by atoms with Crippen molar-refractivity contribution >= 4 is 36.0 Å². The molecule has 3 aromatic heterocycles. The molecule has 4 aromatic rings. The fourth-order valence-corrected chi connectivity index (χ4v) is 4.44. The number of hydrogen-bond acceptors (Lipinski definition) is 6. The number of aromatic nitrogens is 5. The molecule has 0 aliphatic rings. The number of fused-ring (bicyclic) bond motifs is 2. The molecule has 10 heteroatoms. The molecular weight excluding hydrogens is 460 g/mol. The van der Waals surface area contributed by atoms with Gasteiger partial charge in [-0.3, -0.25) is 4.79 Å².